The predicted octanol–water partition coefficient (Wildman–Crippen LogP) is 3.72. The molecule has 4 rings (SSSR count). The van der Waals surface area contributed by atoms with E-state index in [1.807, 2.05) is 18.2 Å². The third-order valence-corrected chi connectivity index (χ3v) is 7.70. The van der Waals surface area contributed by atoms with E-state index >= 15 is 0 Å². The van der Waals surface area contributed by atoms with E-state index < -0.39 is 0 Å². The van der Waals surface area contributed by atoms with Gasteiger partial charge in [0.2, 0.25) is 5.91 Å². The molecule has 2 aliphatic carbocycles. The van der Waals surface area contributed by atoms with E-state index in [-0.39, 0.29) is 41.9 Å². The van der Waals surface area contributed by atoms with Crippen LogP contribution in [-0.4, -0.2) is 30.3 Å². The Labute approximate surface area is 160 Å². The molecular formula is C21H28ClNO3. The van der Waals surface area contributed by atoms with Gasteiger partial charge in [0, 0.05) is 24.1 Å². The summed E-state index contributed by atoms with van der Waals surface area (Å²) in [5.74, 6) is 0.888. The molecule has 3 fully saturated rings. The van der Waals surface area contributed by atoms with E-state index in [1.165, 1.54) is 0 Å². The minimum Gasteiger partial charge on any atom is -0.396 e. The molecule has 1 aromatic carbocycles. The fraction of sp³-hybridized carbons (Fsp3) is 0.667. The zero-order valence-corrected chi connectivity index (χ0v) is 16.3. The summed E-state index contributed by atoms with van der Waals surface area (Å²) in [7, 11) is 0. The molecule has 142 valence electrons. The quantitative estimate of drug-likeness (QED) is 0.840. The molecule has 1 aliphatic heterocycles. The van der Waals surface area contributed by atoms with Crippen LogP contribution in [0.3, 0.4) is 0 Å². The van der Waals surface area contributed by atoms with Crippen molar-refractivity contribution in [2.45, 2.75) is 51.7 Å². The number of halogens is 1. The Kier molecular flexibility index (Phi) is 4.57. The molecule has 1 saturated heterocycles. The number of nitrogens with one attached hydrogen (secondary N) is 1. The molecular weight excluding hydrogens is 350 g/mol. The number of fused-ring (bicyclic) bond motifs is 1. The Bertz CT molecular complexity index is 706. The van der Waals surface area contributed by atoms with Gasteiger partial charge in [-0.25, -0.2) is 0 Å². The number of carbonyl (C=O) groups excluding carboxylic acids is 1. The first-order valence-corrected chi connectivity index (χ1v) is 10.0. The molecule has 1 unspecified atom stereocenters. The molecule has 3 aliphatic rings. The highest BCUT2D eigenvalue weighted by Gasteiger charge is 2.68. The van der Waals surface area contributed by atoms with E-state index in [9.17, 15) is 4.79 Å². The maximum absolute atomic E-state index is 12.3. The Morgan fingerprint density at radius 3 is 2.88 bits per heavy atom. The van der Waals surface area contributed by atoms with Crippen molar-refractivity contribution in [3.8, 4) is 0 Å². The number of hydrogen-bond acceptors (Lipinski definition) is 3. The SMILES string of the molecule is CC1(C)[C@@H]2C[C@@H]3[C@@H](c4ccccc4Cl)OCCC3(C2)[C@H]1NC(=O)CCO. The normalized spacial score (nSPS) is 37.4. The van der Waals surface area contributed by atoms with Crippen LogP contribution in [-0.2, 0) is 9.53 Å². The first kappa shape index (κ1) is 18.3. The predicted molar refractivity (Wildman–Crippen MR) is 101 cm³/mol. The number of aliphatic hydroxyl groups is 1. The molecule has 26 heavy (non-hydrogen) atoms. The van der Waals surface area contributed by atoms with Gasteiger partial charge in [0.05, 0.1) is 12.7 Å². The zero-order valence-electron chi connectivity index (χ0n) is 15.5. The van der Waals surface area contributed by atoms with Crippen LogP contribution in [0, 0.1) is 22.7 Å². The summed E-state index contributed by atoms with van der Waals surface area (Å²) < 4.78 is 6.24. The van der Waals surface area contributed by atoms with Crippen LogP contribution >= 0.6 is 11.6 Å². The topological polar surface area (TPSA) is 58.6 Å². The molecule has 2 bridgehead atoms. The maximum Gasteiger partial charge on any atom is 0.222 e. The van der Waals surface area contributed by atoms with Crippen molar-refractivity contribution in [3.05, 3.63) is 34.9 Å². The van der Waals surface area contributed by atoms with Gasteiger partial charge in [-0.2, -0.15) is 0 Å². The first-order chi connectivity index (χ1) is 12.4. The van der Waals surface area contributed by atoms with Crippen molar-refractivity contribution in [3.63, 3.8) is 0 Å². The van der Waals surface area contributed by atoms with Gasteiger partial charge in [-0.15, -0.1) is 0 Å². The number of rotatable bonds is 4. The van der Waals surface area contributed by atoms with Gasteiger partial charge in [-0.05, 0) is 53.6 Å². The largest absolute Gasteiger partial charge is 0.396 e. The van der Waals surface area contributed by atoms with Gasteiger partial charge in [-0.1, -0.05) is 43.6 Å². The Morgan fingerprint density at radius 2 is 2.15 bits per heavy atom. The third-order valence-electron chi connectivity index (χ3n) is 7.36. The second-order valence-electron chi connectivity index (χ2n) is 8.83. The third kappa shape index (κ3) is 2.61. The van der Waals surface area contributed by atoms with Crippen LogP contribution in [0.15, 0.2) is 24.3 Å². The van der Waals surface area contributed by atoms with Crippen molar-refractivity contribution < 1.29 is 14.6 Å². The van der Waals surface area contributed by atoms with Crippen LogP contribution in [0.1, 0.15) is 51.2 Å². The minimum atomic E-state index is -0.107. The van der Waals surface area contributed by atoms with Crippen molar-refractivity contribution in [2.75, 3.05) is 13.2 Å². The van der Waals surface area contributed by atoms with E-state index in [1.54, 1.807) is 0 Å². The van der Waals surface area contributed by atoms with E-state index in [0.717, 1.165) is 29.8 Å². The van der Waals surface area contributed by atoms with Gasteiger partial charge in [0.15, 0.2) is 0 Å². The van der Waals surface area contributed by atoms with Crippen molar-refractivity contribution in [1.29, 1.82) is 0 Å². The highest BCUT2D eigenvalue weighted by molar-refractivity contribution is 6.31. The molecule has 2 N–H and O–H groups in total. The van der Waals surface area contributed by atoms with Crippen LogP contribution < -0.4 is 5.32 Å². The second-order valence-corrected chi connectivity index (χ2v) is 9.24. The summed E-state index contributed by atoms with van der Waals surface area (Å²) in [4.78, 5) is 12.3. The summed E-state index contributed by atoms with van der Waals surface area (Å²) in [5, 5.41) is 13.2. The summed E-state index contributed by atoms with van der Waals surface area (Å²) in [6.07, 6.45) is 3.40. The number of amides is 1. The Morgan fingerprint density at radius 1 is 1.38 bits per heavy atom. The molecule has 1 aromatic rings. The molecule has 5 atom stereocenters. The second kappa shape index (κ2) is 6.50. The van der Waals surface area contributed by atoms with Gasteiger partial charge in [0.25, 0.3) is 0 Å². The number of carbonyl (C=O) groups is 1. The molecule has 1 heterocycles. The smallest absolute Gasteiger partial charge is 0.222 e. The van der Waals surface area contributed by atoms with Crippen LogP contribution in [0.5, 0.6) is 0 Å². The average molecular weight is 378 g/mol. The zero-order chi connectivity index (χ0) is 18.5. The number of benzene rings is 1. The standard InChI is InChI=1S/C21H28ClNO3/c1-20(2)13-11-15-18(14-5-3-4-6-16(14)22)26-10-8-21(15,12-13)19(20)23-17(25)7-9-24/h3-6,13,15,18-19,24H,7-12H2,1-2H3,(H,23,25)/t13-,15-,18-,19+,21?/m1/s1. The molecule has 4 nitrogen and oxygen atoms in total. The first-order valence-electron chi connectivity index (χ1n) is 9.66. The van der Waals surface area contributed by atoms with Gasteiger partial charge < -0.3 is 15.2 Å². The molecule has 2 saturated carbocycles. The van der Waals surface area contributed by atoms with E-state index in [2.05, 4.69) is 25.2 Å². The van der Waals surface area contributed by atoms with Gasteiger partial charge >= 0.3 is 0 Å². The summed E-state index contributed by atoms with van der Waals surface area (Å²) in [6, 6.07) is 8.09. The lowest BCUT2D eigenvalue weighted by molar-refractivity contribution is -0.137. The lowest BCUT2D eigenvalue weighted by atomic mass is 9.59. The minimum absolute atomic E-state index is 0.00389. The molecule has 0 aromatic heterocycles. The van der Waals surface area contributed by atoms with Gasteiger partial charge in [-0.3, -0.25) is 4.79 Å². The number of ether oxygens (including phenoxy) is 1. The highest BCUT2D eigenvalue weighted by Crippen LogP contribution is 2.70. The monoisotopic (exact) mass is 377 g/mol. The van der Waals surface area contributed by atoms with Gasteiger partial charge in [0.1, 0.15) is 0 Å². The summed E-state index contributed by atoms with van der Waals surface area (Å²) in [6.45, 7) is 5.16. The lowest BCUT2D eigenvalue weighted by Crippen LogP contribution is -2.59. The Hall–Kier alpha value is -1.10. The maximum atomic E-state index is 12.3. The summed E-state index contributed by atoms with van der Waals surface area (Å²) in [5.41, 5.74) is 1.19. The number of aliphatic hydroxyl groups excluding tert-OH is 1. The van der Waals surface area contributed by atoms with Crippen molar-refractivity contribution >= 4 is 17.5 Å². The number of hydrogen-bond donors (Lipinski definition) is 2. The van der Waals surface area contributed by atoms with Crippen molar-refractivity contribution in [2.24, 2.45) is 22.7 Å². The molecule has 1 spiro atoms. The van der Waals surface area contributed by atoms with Crippen molar-refractivity contribution in [1.82, 2.24) is 5.32 Å². The molecule has 1 amide bonds. The van der Waals surface area contributed by atoms with Crippen LogP contribution in [0.25, 0.3) is 0 Å². The highest BCUT2D eigenvalue weighted by atomic mass is 35.5. The van der Waals surface area contributed by atoms with Crippen LogP contribution in [0.2, 0.25) is 5.02 Å². The van der Waals surface area contributed by atoms with E-state index in [4.69, 9.17) is 21.4 Å². The van der Waals surface area contributed by atoms with E-state index in [0.29, 0.717) is 18.4 Å². The average Bonchev–Trinajstić information content (AvgIpc) is 3.09. The Balaban J connectivity index is 1.68. The summed E-state index contributed by atoms with van der Waals surface area (Å²) >= 11 is 6.49. The fourth-order valence-electron chi connectivity index (χ4n) is 6.14. The molecule has 5 heteroatoms. The fourth-order valence-corrected chi connectivity index (χ4v) is 6.38. The lowest BCUT2D eigenvalue weighted by Gasteiger charge is -2.53. The van der Waals surface area contributed by atoms with Crippen LogP contribution in [0.4, 0.5) is 0 Å². The molecule has 0 radical (unpaired) electrons.